The number of nitrogens with two attached hydrogens (primary N) is 1. The lowest BCUT2D eigenvalue weighted by molar-refractivity contribution is -0.140. The molecule has 70 valence electrons. The molecule has 0 spiro atoms. The Morgan fingerprint density at radius 2 is 1.92 bits per heavy atom. The van der Waals surface area contributed by atoms with Gasteiger partial charge in [-0.05, 0) is 5.92 Å². The predicted octanol–water partition coefficient (Wildman–Crippen LogP) is 0.448. The summed E-state index contributed by atoms with van der Waals surface area (Å²) in [5, 5.41) is 0. The molecule has 1 unspecified atom stereocenters. The smallest absolute Gasteiger partial charge is 0.225 e. The summed E-state index contributed by atoms with van der Waals surface area (Å²) >= 11 is 0. The van der Waals surface area contributed by atoms with Crippen molar-refractivity contribution in [1.82, 2.24) is 4.90 Å². The second-order valence-corrected chi connectivity index (χ2v) is 4.04. The first-order valence-corrected chi connectivity index (χ1v) is 4.56. The van der Waals surface area contributed by atoms with E-state index < -0.39 is 0 Å². The van der Waals surface area contributed by atoms with Gasteiger partial charge < -0.3 is 10.6 Å². The van der Waals surface area contributed by atoms with Crippen LogP contribution in [0.5, 0.6) is 0 Å². The second-order valence-electron chi connectivity index (χ2n) is 4.04. The first kappa shape index (κ1) is 9.52. The van der Waals surface area contributed by atoms with Crippen molar-refractivity contribution in [3.05, 3.63) is 0 Å². The van der Waals surface area contributed by atoms with Crippen molar-refractivity contribution in [2.75, 3.05) is 13.1 Å². The largest absolute Gasteiger partial charge is 0.339 e. The van der Waals surface area contributed by atoms with Gasteiger partial charge in [0.25, 0.3) is 0 Å². The van der Waals surface area contributed by atoms with Gasteiger partial charge in [0.2, 0.25) is 5.91 Å². The summed E-state index contributed by atoms with van der Waals surface area (Å²) in [6, 6.07) is 0.216. The lowest BCUT2D eigenvalue weighted by Gasteiger charge is -2.39. The van der Waals surface area contributed by atoms with E-state index in [-0.39, 0.29) is 17.9 Å². The summed E-state index contributed by atoms with van der Waals surface area (Å²) in [6.07, 6.45) is 0. The number of carbonyl (C=O) groups excluding carboxylic acids is 1. The van der Waals surface area contributed by atoms with Crippen molar-refractivity contribution in [3.63, 3.8) is 0 Å². The normalized spacial score (nSPS) is 20.9. The van der Waals surface area contributed by atoms with E-state index in [0.717, 1.165) is 13.1 Å². The van der Waals surface area contributed by atoms with Gasteiger partial charge >= 0.3 is 0 Å². The Kier molecular flexibility index (Phi) is 2.73. The molecule has 1 atom stereocenters. The average Bonchev–Trinajstić information content (AvgIpc) is 1.95. The maximum Gasteiger partial charge on any atom is 0.225 e. The van der Waals surface area contributed by atoms with Crippen LogP contribution in [0.25, 0.3) is 0 Å². The zero-order chi connectivity index (χ0) is 9.30. The number of nitrogens with zero attached hydrogens (tertiary/aromatic N) is 1. The van der Waals surface area contributed by atoms with Crippen molar-refractivity contribution in [2.24, 2.45) is 17.6 Å². The lowest BCUT2D eigenvalue weighted by atomic mass is 9.95. The first-order valence-electron chi connectivity index (χ1n) is 4.56. The number of carbonyl (C=O) groups is 1. The van der Waals surface area contributed by atoms with Gasteiger partial charge in [-0.25, -0.2) is 0 Å². The van der Waals surface area contributed by atoms with Crippen LogP contribution < -0.4 is 5.73 Å². The number of hydrogen-bond donors (Lipinski definition) is 1. The van der Waals surface area contributed by atoms with Gasteiger partial charge in [-0.2, -0.15) is 0 Å². The Balaban J connectivity index is 2.38. The number of hydrogen-bond acceptors (Lipinski definition) is 2. The van der Waals surface area contributed by atoms with Gasteiger partial charge in [0, 0.05) is 25.0 Å². The monoisotopic (exact) mass is 170 g/mol. The molecule has 3 heteroatoms. The van der Waals surface area contributed by atoms with Crippen LogP contribution in [0.15, 0.2) is 0 Å². The van der Waals surface area contributed by atoms with Gasteiger partial charge in [-0.15, -0.1) is 0 Å². The zero-order valence-corrected chi connectivity index (χ0v) is 8.08. The highest BCUT2D eigenvalue weighted by Gasteiger charge is 2.31. The third-order valence-electron chi connectivity index (χ3n) is 2.61. The Morgan fingerprint density at radius 3 is 2.25 bits per heavy atom. The molecule has 0 aromatic heterocycles. The summed E-state index contributed by atoms with van der Waals surface area (Å²) < 4.78 is 0. The molecule has 1 fully saturated rings. The Labute approximate surface area is 73.9 Å². The molecule has 1 amide bonds. The van der Waals surface area contributed by atoms with E-state index in [0.29, 0.717) is 5.92 Å². The van der Waals surface area contributed by atoms with Crippen LogP contribution in [0.3, 0.4) is 0 Å². The van der Waals surface area contributed by atoms with E-state index in [1.165, 1.54) is 0 Å². The van der Waals surface area contributed by atoms with Crippen LogP contribution in [0, 0.1) is 11.8 Å². The summed E-state index contributed by atoms with van der Waals surface area (Å²) in [5.41, 5.74) is 5.59. The fourth-order valence-corrected chi connectivity index (χ4v) is 1.27. The molecule has 0 aliphatic carbocycles. The minimum absolute atomic E-state index is 0.137. The van der Waals surface area contributed by atoms with E-state index in [2.05, 4.69) is 13.8 Å². The van der Waals surface area contributed by atoms with Gasteiger partial charge in [-0.3, -0.25) is 4.79 Å². The minimum Gasteiger partial charge on any atom is -0.339 e. The molecule has 2 N–H and O–H groups in total. The molecule has 1 rings (SSSR count). The van der Waals surface area contributed by atoms with Crippen molar-refractivity contribution >= 4 is 5.91 Å². The van der Waals surface area contributed by atoms with Crippen molar-refractivity contribution in [2.45, 2.75) is 26.8 Å². The summed E-state index contributed by atoms with van der Waals surface area (Å²) in [4.78, 5) is 13.4. The van der Waals surface area contributed by atoms with Crippen LogP contribution in [0.2, 0.25) is 0 Å². The van der Waals surface area contributed by atoms with Crippen LogP contribution in [0.1, 0.15) is 20.8 Å². The Bertz CT molecular complexity index is 173. The lowest BCUT2D eigenvalue weighted by Crippen LogP contribution is -2.59. The molecule has 1 saturated heterocycles. The van der Waals surface area contributed by atoms with E-state index in [1.54, 1.807) is 0 Å². The third kappa shape index (κ3) is 1.78. The highest BCUT2D eigenvalue weighted by molar-refractivity contribution is 5.79. The number of amides is 1. The Hall–Kier alpha value is -0.570. The fraction of sp³-hybridized carbons (Fsp3) is 0.889. The molecule has 0 radical (unpaired) electrons. The Morgan fingerprint density at radius 1 is 1.42 bits per heavy atom. The highest BCUT2D eigenvalue weighted by atomic mass is 16.2. The van der Waals surface area contributed by atoms with Gasteiger partial charge in [0.05, 0.1) is 0 Å². The summed E-state index contributed by atoms with van der Waals surface area (Å²) in [7, 11) is 0. The fourth-order valence-electron chi connectivity index (χ4n) is 1.27. The minimum atomic E-state index is 0.137. The molecule has 0 aromatic rings. The quantitative estimate of drug-likeness (QED) is 0.654. The molecule has 0 saturated carbocycles. The maximum absolute atomic E-state index is 11.6. The maximum atomic E-state index is 11.6. The van der Waals surface area contributed by atoms with Crippen LogP contribution in [0.4, 0.5) is 0 Å². The van der Waals surface area contributed by atoms with E-state index >= 15 is 0 Å². The standard InChI is InChI=1S/C9H18N2O/c1-6(2)7(3)9(12)11-4-8(10)5-11/h6-8H,4-5,10H2,1-3H3. The van der Waals surface area contributed by atoms with Crippen molar-refractivity contribution in [1.29, 1.82) is 0 Å². The summed E-state index contributed by atoms with van der Waals surface area (Å²) in [6.45, 7) is 7.62. The SMILES string of the molecule is CC(C)C(C)C(=O)N1CC(N)C1. The predicted molar refractivity (Wildman–Crippen MR) is 48.6 cm³/mol. The topological polar surface area (TPSA) is 46.3 Å². The molecule has 0 aromatic carbocycles. The van der Waals surface area contributed by atoms with Gasteiger partial charge in [0.15, 0.2) is 0 Å². The molecule has 0 bridgehead atoms. The zero-order valence-electron chi connectivity index (χ0n) is 8.08. The van der Waals surface area contributed by atoms with Crippen LogP contribution in [-0.4, -0.2) is 29.9 Å². The molecule has 1 aliphatic rings. The summed E-state index contributed by atoms with van der Waals surface area (Å²) in [5.74, 6) is 0.818. The third-order valence-corrected chi connectivity index (χ3v) is 2.61. The van der Waals surface area contributed by atoms with E-state index in [9.17, 15) is 4.79 Å². The van der Waals surface area contributed by atoms with Crippen LogP contribution >= 0.6 is 0 Å². The van der Waals surface area contributed by atoms with E-state index in [4.69, 9.17) is 5.73 Å². The average molecular weight is 170 g/mol. The van der Waals surface area contributed by atoms with Crippen molar-refractivity contribution < 1.29 is 4.79 Å². The van der Waals surface area contributed by atoms with E-state index in [1.807, 2.05) is 11.8 Å². The van der Waals surface area contributed by atoms with Gasteiger partial charge in [0.1, 0.15) is 0 Å². The number of likely N-dealkylation sites (tertiary alicyclic amines) is 1. The second kappa shape index (κ2) is 3.44. The molecule has 1 heterocycles. The van der Waals surface area contributed by atoms with Gasteiger partial charge in [-0.1, -0.05) is 20.8 Å². The van der Waals surface area contributed by atoms with Crippen LogP contribution in [-0.2, 0) is 4.79 Å². The molecule has 1 aliphatic heterocycles. The van der Waals surface area contributed by atoms with Crippen molar-refractivity contribution in [3.8, 4) is 0 Å². The molecule has 3 nitrogen and oxygen atoms in total. The first-order chi connectivity index (χ1) is 5.52. The highest BCUT2D eigenvalue weighted by Crippen LogP contribution is 2.16. The molecule has 12 heavy (non-hydrogen) atoms. The molecular formula is C9H18N2O. The number of rotatable bonds is 2. The molecular weight excluding hydrogens is 152 g/mol.